The Balaban J connectivity index is 1.65. The highest BCUT2D eigenvalue weighted by Crippen LogP contribution is 2.29. The summed E-state index contributed by atoms with van der Waals surface area (Å²) in [6.45, 7) is 9.29. The zero-order valence-electron chi connectivity index (χ0n) is 18.2. The molecule has 1 aliphatic heterocycles. The lowest BCUT2D eigenvalue weighted by Gasteiger charge is -2.35. The van der Waals surface area contributed by atoms with E-state index in [0.717, 1.165) is 29.0 Å². The van der Waals surface area contributed by atoms with Crippen molar-refractivity contribution >= 4 is 23.4 Å². The van der Waals surface area contributed by atoms with Crippen molar-refractivity contribution in [2.45, 2.75) is 52.5 Å². The van der Waals surface area contributed by atoms with Crippen LogP contribution in [-0.4, -0.2) is 35.8 Å². The number of rotatable bonds is 5. The minimum absolute atomic E-state index is 0.0122. The van der Waals surface area contributed by atoms with E-state index in [1.807, 2.05) is 62.9 Å². The molecule has 1 unspecified atom stereocenters. The number of halogens is 1. The van der Waals surface area contributed by atoms with Gasteiger partial charge in [0.25, 0.3) is 5.91 Å². The first-order valence-corrected chi connectivity index (χ1v) is 11.1. The van der Waals surface area contributed by atoms with Crippen molar-refractivity contribution in [3.05, 3.63) is 69.7 Å². The molecule has 1 aliphatic rings. The van der Waals surface area contributed by atoms with Crippen LogP contribution in [0.25, 0.3) is 0 Å². The Kier molecular flexibility index (Phi) is 7.19. The van der Waals surface area contributed by atoms with Gasteiger partial charge in [-0.15, -0.1) is 0 Å². The molecule has 0 aliphatic carbocycles. The zero-order valence-corrected chi connectivity index (χ0v) is 19.0. The van der Waals surface area contributed by atoms with Crippen LogP contribution in [0, 0.1) is 19.8 Å². The smallest absolute Gasteiger partial charge is 0.252 e. The minimum Gasteiger partial charge on any atom is -0.341 e. The van der Waals surface area contributed by atoms with Gasteiger partial charge in [0.2, 0.25) is 5.91 Å². The average Bonchev–Trinajstić information content (AvgIpc) is 2.74. The number of hydrogen-bond acceptors (Lipinski definition) is 2. The van der Waals surface area contributed by atoms with Crippen LogP contribution >= 0.6 is 11.6 Å². The standard InChI is InChI=1S/C25H31ClN2O2/c1-16(2)23(27-24(29)22-7-5-6-17(3)18(22)4)25(30)28-14-12-20(13-15-28)19-8-10-21(26)11-9-19/h5-11,16,20,23H,12-15H2,1-4H3,(H,27,29). The molecule has 0 radical (unpaired) electrons. The Hall–Kier alpha value is -2.33. The molecule has 1 fully saturated rings. The topological polar surface area (TPSA) is 49.4 Å². The van der Waals surface area contributed by atoms with Crippen LogP contribution in [0.3, 0.4) is 0 Å². The minimum atomic E-state index is -0.524. The van der Waals surface area contributed by atoms with Gasteiger partial charge in [-0.25, -0.2) is 0 Å². The van der Waals surface area contributed by atoms with Crippen molar-refractivity contribution in [3.63, 3.8) is 0 Å². The second-order valence-corrected chi connectivity index (χ2v) is 9.03. The highest BCUT2D eigenvalue weighted by atomic mass is 35.5. The predicted octanol–water partition coefficient (Wildman–Crippen LogP) is 5.12. The van der Waals surface area contributed by atoms with Gasteiger partial charge in [-0.1, -0.05) is 49.7 Å². The van der Waals surface area contributed by atoms with E-state index < -0.39 is 6.04 Å². The number of likely N-dealkylation sites (tertiary alicyclic amines) is 1. The Bertz CT molecular complexity index is 900. The van der Waals surface area contributed by atoms with E-state index in [0.29, 0.717) is 24.6 Å². The number of nitrogens with one attached hydrogen (secondary N) is 1. The van der Waals surface area contributed by atoms with E-state index in [-0.39, 0.29) is 17.7 Å². The van der Waals surface area contributed by atoms with Gasteiger partial charge in [-0.05, 0) is 73.4 Å². The van der Waals surface area contributed by atoms with Crippen LogP contribution in [0.4, 0.5) is 0 Å². The fourth-order valence-corrected chi connectivity index (χ4v) is 4.22. The summed E-state index contributed by atoms with van der Waals surface area (Å²) in [7, 11) is 0. The van der Waals surface area contributed by atoms with E-state index >= 15 is 0 Å². The SMILES string of the molecule is Cc1cccc(C(=O)NC(C(=O)N2CCC(c3ccc(Cl)cc3)CC2)C(C)C)c1C. The molecule has 3 rings (SSSR count). The van der Waals surface area contributed by atoms with Crippen LogP contribution in [0.2, 0.25) is 5.02 Å². The molecule has 0 saturated carbocycles. The molecule has 160 valence electrons. The predicted molar refractivity (Wildman–Crippen MR) is 122 cm³/mol. The highest BCUT2D eigenvalue weighted by Gasteiger charge is 2.32. The first kappa shape index (κ1) is 22.4. The second kappa shape index (κ2) is 9.65. The molecule has 1 N–H and O–H groups in total. The molecule has 2 aromatic carbocycles. The third kappa shape index (κ3) is 5.04. The van der Waals surface area contributed by atoms with E-state index in [1.165, 1.54) is 5.56 Å². The molecule has 1 heterocycles. The number of hydrogen-bond donors (Lipinski definition) is 1. The van der Waals surface area contributed by atoms with Crippen molar-refractivity contribution in [1.29, 1.82) is 0 Å². The summed E-state index contributed by atoms with van der Waals surface area (Å²) in [6.07, 6.45) is 1.84. The summed E-state index contributed by atoms with van der Waals surface area (Å²) in [6, 6.07) is 13.2. The van der Waals surface area contributed by atoms with Gasteiger partial charge < -0.3 is 10.2 Å². The molecule has 1 saturated heterocycles. The van der Waals surface area contributed by atoms with E-state index in [1.54, 1.807) is 0 Å². The molecule has 1 atom stereocenters. The molecule has 2 aromatic rings. The molecule has 4 nitrogen and oxygen atoms in total. The summed E-state index contributed by atoms with van der Waals surface area (Å²) in [4.78, 5) is 28.0. The number of carbonyl (C=O) groups is 2. The lowest BCUT2D eigenvalue weighted by atomic mass is 9.89. The van der Waals surface area contributed by atoms with Gasteiger partial charge in [0.15, 0.2) is 0 Å². The van der Waals surface area contributed by atoms with E-state index in [9.17, 15) is 9.59 Å². The van der Waals surface area contributed by atoms with Gasteiger partial charge in [0.05, 0.1) is 0 Å². The zero-order chi connectivity index (χ0) is 21.8. The van der Waals surface area contributed by atoms with Gasteiger partial charge >= 0.3 is 0 Å². The first-order chi connectivity index (χ1) is 14.3. The van der Waals surface area contributed by atoms with E-state index in [4.69, 9.17) is 11.6 Å². The van der Waals surface area contributed by atoms with Gasteiger partial charge in [-0.2, -0.15) is 0 Å². The number of aryl methyl sites for hydroxylation is 1. The Morgan fingerprint density at radius 2 is 1.67 bits per heavy atom. The lowest BCUT2D eigenvalue weighted by Crippen LogP contribution is -2.53. The molecule has 2 amide bonds. The maximum atomic E-state index is 13.2. The molecule has 30 heavy (non-hydrogen) atoms. The Morgan fingerprint density at radius 1 is 1.03 bits per heavy atom. The molecule has 5 heteroatoms. The monoisotopic (exact) mass is 426 g/mol. The van der Waals surface area contributed by atoms with Crippen LogP contribution in [0.1, 0.15) is 59.7 Å². The van der Waals surface area contributed by atoms with Crippen molar-refractivity contribution in [1.82, 2.24) is 10.2 Å². The van der Waals surface area contributed by atoms with Crippen LogP contribution in [0.15, 0.2) is 42.5 Å². The second-order valence-electron chi connectivity index (χ2n) is 8.59. The molecule has 0 spiro atoms. The summed E-state index contributed by atoms with van der Waals surface area (Å²) < 4.78 is 0. The number of carbonyl (C=O) groups excluding carboxylic acids is 2. The Labute approximate surface area is 184 Å². The van der Waals surface area contributed by atoms with Crippen molar-refractivity contribution in [2.75, 3.05) is 13.1 Å². The summed E-state index contributed by atoms with van der Waals surface area (Å²) in [5, 5.41) is 3.74. The van der Waals surface area contributed by atoms with Crippen LogP contribution < -0.4 is 5.32 Å². The van der Waals surface area contributed by atoms with Gasteiger partial charge in [0.1, 0.15) is 6.04 Å². The summed E-state index contributed by atoms with van der Waals surface area (Å²) in [5.41, 5.74) is 3.93. The van der Waals surface area contributed by atoms with Crippen molar-refractivity contribution < 1.29 is 9.59 Å². The van der Waals surface area contributed by atoms with Crippen LogP contribution in [0.5, 0.6) is 0 Å². The maximum Gasteiger partial charge on any atom is 0.252 e. The first-order valence-electron chi connectivity index (χ1n) is 10.7. The largest absolute Gasteiger partial charge is 0.341 e. The van der Waals surface area contributed by atoms with Gasteiger partial charge in [0, 0.05) is 23.7 Å². The number of benzene rings is 2. The fourth-order valence-electron chi connectivity index (χ4n) is 4.09. The number of nitrogens with zero attached hydrogens (tertiary/aromatic N) is 1. The molecule has 0 bridgehead atoms. The molecular weight excluding hydrogens is 396 g/mol. The number of piperidine rings is 1. The van der Waals surface area contributed by atoms with Crippen molar-refractivity contribution in [2.24, 2.45) is 5.92 Å². The fraction of sp³-hybridized carbons (Fsp3) is 0.440. The molecular formula is C25H31ClN2O2. The summed E-state index contributed by atoms with van der Waals surface area (Å²) >= 11 is 6.00. The van der Waals surface area contributed by atoms with E-state index in [2.05, 4.69) is 17.4 Å². The Morgan fingerprint density at radius 3 is 2.27 bits per heavy atom. The average molecular weight is 427 g/mol. The quantitative estimate of drug-likeness (QED) is 0.721. The maximum absolute atomic E-state index is 13.2. The third-order valence-corrected chi connectivity index (χ3v) is 6.47. The normalized spacial score (nSPS) is 15.9. The van der Waals surface area contributed by atoms with Crippen LogP contribution in [-0.2, 0) is 4.79 Å². The number of amides is 2. The van der Waals surface area contributed by atoms with Crippen molar-refractivity contribution in [3.8, 4) is 0 Å². The molecule has 0 aromatic heterocycles. The summed E-state index contributed by atoms with van der Waals surface area (Å²) in [5.74, 6) is 0.284. The lowest BCUT2D eigenvalue weighted by molar-refractivity contribution is -0.135. The highest BCUT2D eigenvalue weighted by molar-refractivity contribution is 6.30. The third-order valence-electron chi connectivity index (χ3n) is 6.22. The van der Waals surface area contributed by atoms with Gasteiger partial charge in [-0.3, -0.25) is 9.59 Å².